The van der Waals surface area contributed by atoms with Gasteiger partial charge in [0.1, 0.15) is 16.9 Å². The highest BCUT2D eigenvalue weighted by atomic mass is 79.9. The summed E-state index contributed by atoms with van der Waals surface area (Å²) in [5.74, 6) is -0.593. The molecule has 5 heteroatoms. The van der Waals surface area contributed by atoms with Crippen molar-refractivity contribution in [2.45, 2.75) is 6.92 Å². The number of rotatable bonds is 1. The van der Waals surface area contributed by atoms with Crippen LogP contribution < -0.4 is 0 Å². The third-order valence-corrected chi connectivity index (χ3v) is 3.32. The molecule has 0 saturated heterocycles. The lowest BCUT2D eigenvalue weighted by Crippen LogP contribution is -1.96. The Bertz CT molecular complexity index is 751. The summed E-state index contributed by atoms with van der Waals surface area (Å²) in [6.45, 7) is 1.64. The van der Waals surface area contributed by atoms with Crippen LogP contribution in [-0.4, -0.2) is 11.1 Å². The Morgan fingerprint density at radius 3 is 2.82 bits per heavy atom. The number of fused-ring (bicyclic) bond motifs is 3. The third kappa shape index (κ3) is 1.32. The lowest BCUT2D eigenvalue weighted by molar-refractivity contribution is 0.0697. The van der Waals surface area contributed by atoms with Gasteiger partial charge in [-0.25, -0.2) is 4.79 Å². The van der Waals surface area contributed by atoms with E-state index >= 15 is 0 Å². The Hall–Kier alpha value is -1.75. The van der Waals surface area contributed by atoms with Crippen molar-refractivity contribution in [1.82, 2.24) is 0 Å². The first-order chi connectivity index (χ1) is 8.09. The van der Waals surface area contributed by atoms with Crippen molar-refractivity contribution in [2.75, 3.05) is 0 Å². The minimum absolute atomic E-state index is 0.198. The van der Waals surface area contributed by atoms with Gasteiger partial charge in [0.25, 0.3) is 0 Å². The highest BCUT2D eigenvalue weighted by Crippen LogP contribution is 2.36. The summed E-state index contributed by atoms with van der Waals surface area (Å²) in [4.78, 5) is 11.2. The zero-order valence-electron chi connectivity index (χ0n) is 8.78. The van der Waals surface area contributed by atoms with Crippen molar-refractivity contribution >= 4 is 43.8 Å². The Kier molecular flexibility index (Phi) is 2.06. The zero-order valence-corrected chi connectivity index (χ0v) is 10.4. The van der Waals surface area contributed by atoms with Gasteiger partial charge < -0.3 is 13.9 Å². The van der Waals surface area contributed by atoms with E-state index in [1.54, 1.807) is 25.3 Å². The number of hydrogen-bond acceptors (Lipinski definition) is 3. The zero-order chi connectivity index (χ0) is 12.2. The second-order valence-corrected chi connectivity index (χ2v) is 4.59. The van der Waals surface area contributed by atoms with Crippen LogP contribution in [-0.2, 0) is 0 Å². The van der Waals surface area contributed by atoms with Crippen LogP contribution in [0.4, 0.5) is 0 Å². The van der Waals surface area contributed by atoms with Crippen LogP contribution in [0.2, 0.25) is 0 Å². The van der Waals surface area contributed by atoms with E-state index in [4.69, 9.17) is 13.9 Å². The minimum atomic E-state index is -0.990. The summed E-state index contributed by atoms with van der Waals surface area (Å²) >= 11 is 3.36. The van der Waals surface area contributed by atoms with Gasteiger partial charge >= 0.3 is 5.97 Å². The predicted molar refractivity (Wildman–Crippen MR) is 65.4 cm³/mol. The molecule has 0 aliphatic carbocycles. The summed E-state index contributed by atoms with van der Waals surface area (Å²) in [5, 5.41) is 10.5. The van der Waals surface area contributed by atoms with Gasteiger partial charge in [0.05, 0.1) is 16.1 Å². The molecule has 2 heterocycles. The van der Waals surface area contributed by atoms with E-state index in [0.29, 0.717) is 26.8 Å². The third-order valence-electron chi connectivity index (χ3n) is 2.73. The molecule has 17 heavy (non-hydrogen) atoms. The molecule has 0 saturated carbocycles. The molecular formula is C12H7BrO4. The number of carbonyl (C=O) groups is 1. The van der Waals surface area contributed by atoms with E-state index in [2.05, 4.69) is 15.9 Å². The number of halogens is 1. The molecule has 0 aliphatic rings. The van der Waals surface area contributed by atoms with Gasteiger partial charge in [-0.1, -0.05) is 0 Å². The van der Waals surface area contributed by atoms with Crippen molar-refractivity contribution in [3.05, 3.63) is 34.2 Å². The Labute approximate surface area is 104 Å². The number of hydrogen-bond donors (Lipinski definition) is 1. The highest BCUT2D eigenvalue weighted by molar-refractivity contribution is 9.10. The van der Waals surface area contributed by atoms with Gasteiger partial charge in [0, 0.05) is 5.39 Å². The summed E-state index contributed by atoms with van der Waals surface area (Å²) in [6, 6.07) is 3.47. The molecular weight excluding hydrogens is 288 g/mol. The van der Waals surface area contributed by atoms with Crippen LogP contribution >= 0.6 is 15.9 Å². The number of carboxylic acids is 1. The quantitative estimate of drug-likeness (QED) is 0.738. The molecule has 0 radical (unpaired) electrons. The molecule has 3 aromatic rings. The first-order valence-electron chi connectivity index (χ1n) is 4.91. The van der Waals surface area contributed by atoms with Gasteiger partial charge in [-0.15, -0.1) is 0 Å². The number of aryl methyl sites for hydroxylation is 1. The highest BCUT2D eigenvalue weighted by Gasteiger charge is 2.21. The Morgan fingerprint density at radius 2 is 2.12 bits per heavy atom. The largest absolute Gasteiger partial charge is 0.478 e. The Morgan fingerprint density at radius 1 is 1.35 bits per heavy atom. The van der Waals surface area contributed by atoms with E-state index in [0.717, 1.165) is 5.39 Å². The molecule has 0 aliphatic heterocycles. The standard InChI is InChI=1S/C12H7BrO4/c1-5-9(12(14)15)7-4-8(13)11-6(2-3-16-11)10(7)17-5/h2-4H,1H3,(H,14,15). The average molecular weight is 295 g/mol. The summed E-state index contributed by atoms with van der Waals surface area (Å²) in [7, 11) is 0. The van der Waals surface area contributed by atoms with Gasteiger partial charge in [0.15, 0.2) is 5.58 Å². The molecule has 0 fully saturated rings. The topological polar surface area (TPSA) is 63.6 Å². The fourth-order valence-electron chi connectivity index (χ4n) is 2.03. The number of furan rings is 2. The summed E-state index contributed by atoms with van der Waals surface area (Å²) < 4.78 is 11.6. The van der Waals surface area contributed by atoms with Crippen LogP contribution in [0.5, 0.6) is 0 Å². The first-order valence-corrected chi connectivity index (χ1v) is 5.71. The molecule has 1 N–H and O–H groups in total. The first kappa shape index (κ1) is 10.4. The molecule has 0 atom stereocenters. The van der Waals surface area contributed by atoms with Gasteiger partial charge in [-0.2, -0.15) is 0 Å². The molecule has 0 bridgehead atoms. The van der Waals surface area contributed by atoms with E-state index < -0.39 is 5.97 Å². The Balaban J connectivity index is 2.58. The minimum Gasteiger partial charge on any atom is -0.478 e. The molecule has 3 rings (SSSR count). The molecule has 1 aromatic carbocycles. The second-order valence-electron chi connectivity index (χ2n) is 3.74. The number of aromatic carboxylic acids is 1. The van der Waals surface area contributed by atoms with Crippen molar-refractivity contribution < 1.29 is 18.7 Å². The fourth-order valence-corrected chi connectivity index (χ4v) is 2.57. The van der Waals surface area contributed by atoms with Crippen molar-refractivity contribution in [3.63, 3.8) is 0 Å². The van der Waals surface area contributed by atoms with Crippen molar-refractivity contribution in [1.29, 1.82) is 0 Å². The van der Waals surface area contributed by atoms with E-state index in [1.165, 1.54) is 0 Å². The molecule has 0 unspecified atom stereocenters. The van der Waals surface area contributed by atoms with Crippen molar-refractivity contribution in [3.8, 4) is 0 Å². The number of benzene rings is 1. The lowest BCUT2D eigenvalue weighted by atomic mass is 10.1. The van der Waals surface area contributed by atoms with Gasteiger partial charge in [-0.05, 0) is 35.0 Å². The van der Waals surface area contributed by atoms with Crippen molar-refractivity contribution in [2.24, 2.45) is 0 Å². The van der Waals surface area contributed by atoms with Crippen LogP contribution in [0, 0.1) is 6.92 Å². The van der Waals surface area contributed by atoms with Gasteiger partial charge in [-0.3, -0.25) is 0 Å². The fraction of sp³-hybridized carbons (Fsp3) is 0.0833. The van der Waals surface area contributed by atoms with Crippen LogP contribution in [0.3, 0.4) is 0 Å². The van der Waals surface area contributed by atoms with Gasteiger partial charge in [0.2, 0.25) is 0 Å². The normalized spacial score (nSPS) is 11.4. The average Bonchev–Trinajstić information content (AvgIpc) is 2.81. The van der Waals surface area contributed by atoms with Crippen LogP contribution in [0.1, 0.15) is 16.1 Å². The second kappa shape index (κ2) is 3.37. The summed E-state index contributed by atoms with van der Waals surface area (Å²) in [6.07, 6.45) is 1.55. The molecule has 86 valence electrons. The monoisotopic (exact) mass is 294 g/mol. The SMILES string of the molecule is Cc1oc2c(cc(Br)c3occc32)c1C(=O)O. The lowest BCUT2D eigenvalue weighted by Gasteiger charge is -1.95. The summed E-state index contributed by atoms with van der Waals surface area (Å²) in [5.41, 5.74) is 1.40. The molecule has 0 amide bonds. The van der Waals surface area contributed by atoms with E-state index in [9.17, 15) is 4.79 Å². The molecule has 2 aromatic heterocycles. The predicted octanol–water partition coefficient (Wildman–Crippen LogP) is 3.95. The van der Waals surface area contributed by atoms with E-state index in [1.807, 2.05) is 0 Å². The van der Waals surface area contributed by atoms with E-state index in [-0.39, 0.29) is 5.56 Å². The number of carboxylic acid groups (broad SMARTS) is 1. The molecule has 0 spiro atoms. The maximum absolute atomic E-state index is 11.2. The maximum atomic E-state index is 11.2. The molecule has 4 nitrogen and oxygen atoms in total. The van der Waals surface area contributed by atoms with Crippen LogP contribution in [0.15, 0.2) is 31.7 Å². The van der Waals surface area contributed by atoms with Crippen LogP contribution in [0.25, 0.3) is 21.9 Å². The smallest absolute Gasteiger partial charge is 0.339 e. The maximum Gasteiger partial charge on any atom is 0.339 e.